The van der Waals surface area contributed by atoms with E-state index in [2.05, 4.69) is 4.74 Å². The predicted molar refractivity (Wildman–Crippen MR) is 41.7 cm³/mol. The molecule has 51 valence electrons. The van der Waals surface area contributed by atoms with Crippen LogP contribution in [0.25, 0.3) is 0 Å². The van der Waals surface area contributed by atoms with Gasteiger partial charge in [-0.25, -0.2) is 4.79 Å². The van der Waals surface area contributed by atoms with Crippen molar-refractivity contribution in [2.75, 3.05) is 7.11 Å². The van der Waals surface area contributed by atoms with E-state index in [0.29, 0.717) is 0 Å². The molecule has 2 nitrogen and oxygen atoms in total. The Bertz CT molecular complexity index is 139. The van der Waals surface area contributed by atoms with Crippen LogP contribution in [0.15, 0.2) is 24.3 Å². The van der Waals surface area contributed by atoms with Crippen molar-refractivity contribution >= 4 is 57.4 Å². The van der Waals surface area contributed by atoms with Crippen molar-refractivity contribution in [2.24, 2.45) is 0 Å². The number of carbonyl (C=O) groups is 1. The fraction of sp³-hybridized carbons (Fsp3) is 0.286. The minimum Gasteiger partial charge on any atom is -0.466 e. The van der Waals surface area contributed by atoms with Crippen LogP contribution in [0, 0.1) is 0 Å². The van der Waals surface area contributed by atoms with Crippen molar-refractivity contribution < 1.29 is 9.53 Å². The molecule has 0 heterocycles. The summed E-state index contributed by atoms with van der Waals surface area (Å²) >= 11 is 0. The van der Waals surface area contributed by atoms with E-state index >= 15 is 0 Å². The molecule has 0 aromatic heterocycles. The molecule has 0 atom stereocenters. The molecule has 0 aliphatic carbocycles. The maximum Gasteiger partial charge on any atom is 0.330 e. The molecule has 0 saturated heterocycles. The SMILES string of the molecule is C/C=C/C=C/C(=O)OC.[K]. The van der Waals surface area contributed by atoms with E-state index in [4.69, 9.17) is 0 Å². The maximum atomic E-state index is 10.3. The number of hydrogen-bond donors (Lipinski definition) is 0. The zero-order valence-corrected chi connectivity index (χ0v) is 9.75. The number of rotatable bonds is 2. The third-order valence-electron chi connectivity index (χ3n) is 0.737. The molecule has 0 aromatic carbocycles. The molecule has 0 amide bonds. The summed E-state index contributed by atoms with van der Waals surface area (Å²) in [6.07, 6.45) is 6.59. The molecule has 0 saturated carbocycles. The molecule has 0 N–H and O–H groups in total. The molecule has 0 fully saturated rings. The molecule has 0 bridgehead atoms. The quantitative estimate of drug-likeness (QED) is 0.263. The van der Waals surface area contributed by atoms with Crippen LogP contribution >= 0.6 is 0 Å². The van der Waals surface area contributed by atoms with E-state index < -0.39 is 0 Å². The minimum atomic E-state index is -0.326. The second-order valence-corrected chi connectivity index (χ2v) is 1.41. The average molecular weight is 165 g/mol. The van der Waals surface area contributed by atoms with Crippen molar-refractivity contribution in [3.63, 3.8) is 0 Å². The van der Waals surface area contributed by atoms with E-state index in [1.165, 1.54) is 13.2 Å². The van der Waals surface area contributed by atoms with Gasteiger partial charge in [0.15, 0.2) is 0 Å². The Morgan fingerprint density at radius 1 is 1.40 bits per heavy atom. The van der Waals surface area contributed by atoms with Crippen LogP contribution in [-0.4, -0.2) is 64.5 Å². The van der Waals surface area contributed by atoms with Gasteiger partial charge >= 0.3 is 5.97 Å². The van der Waals surface area contributed by atoms with Gasteiger partial charge in [-0.1, -0.05) is 18.2 Å². The summed E-state index contributed by atoms with van der Waals surface area (Å²) in [5.41, 5.74) is 0. The molecular weight excluding hydrogens is 155 g/mol. The zero-order valence-electron chi connectivity index (χ0n) is 6.63. The topological polar surface area (TPSA) is 26.3 Å². The van der Waals surface area contributed by atoms with Gasteiger partial charge in [-0.15, -0.1) is 0 Å². The summed E-state index contributed by atoms with van der Waals surface area (Å²) in [6.45, 7) is 1.88. The Morgan fingerprint density at radius 3 is 2.40 bits per heavy atom. The van der Waals surface area contributed by atoms with Gasteiger partial charge < -0.3 is 4.74 Å². The first-order valence-corrected chi connectivity index (χ1v) is 2.68. The van der Waals surface area contributed by atoms with E-state index in [9.17, 15) is 4.79 Å². The second-order valence-electron chi connectivity index (χ2n) is 1.41. The van der Waals surface area contributed by atoms with Gasteiger partial charge in [0.2, 0.25) is 0 Å². The van der Waals surface area contributed by atoms with Crippen molar-refractivity contribution in [3.05, 3.63) is 24.3 Å². The first-order valence-electron chi connectivity index (χ1n) is 2.68. The van der Waals surface area contributed by atoms with Crippen LogP contribution in [0.1, 0.15) is 6.92 Å². The normalized spacial score (nSPS) is 9.80. The molecule has 3 heteroatoms. The molecule has 0 aliphatic rings. The minimum absolute atomic E-state index is 0. The van der Waals surface area contributed by atoms with Crippen molar-refractivity contribution in [2.45, 2.75) is 6.92 Å². The first kappa shape index (κ1) is 13.2. The van der Waals surface area contributed by atoms with Gasteiger partial charge in [-0.3, -0.25) is 0 Å². The predicted octanol–water partition coefficient (Wildman–Crippen LogP) is 0.911. The fourth-order valence-electron chi connectivity index (χ4n) is 0.313. The Kier molecular flexibility index (Phi) is 12.6. The second kappa shape index (κ2) is 9.59. The van der Waals surface area contributed by atoms with Crippen molar-refractivity contribution in [1.29, 1.82) is 0 Å². The van der Waals surface area contributed by atoms with Gasteiger partial charge in [0.1, 0.15) is 0 Å². The Balaban J connectivity index is 0. The van der Waals surface area contributed by atoms with Crippen molar-refractivity contribution in [3.8, 4) is 0 Å². The molecule has 1 radical (unpaired) electrons. The molecule has 10 heavy (non-hydrogen) atoms. The third kappa shape index (κ3) is 8.59. The van der Waals surface area contributed by atoms with E-state index in [1.54, 1.807) is 12.2 Å². The number of hydrogen-bond acceptors (Lipinski definition) is 2. The van der Waals surface area contributed by atoms with Gasteiger partial charge in [0.25, 0.3) is 0 Å². The number of esters is 1. The summed E-state index contributed by atoms with van der Waals surface area (Å²) in [5, 5.41) is 0. The molecule has 0 unspecified atom stereocenters. The van der Waals surface area contributed by atoms with Crippen LogP contribution in [0.2, 0.25) is 0 Å². The first-order chi connectivity index (χ1) is 4.31. The third-order valence-corrected chi connectivity index (χ3v) is 0.737. The van der Waals surface area contributed by atoms with Crippen LogP contribution < -0.4 is 0 Å². The average Bonchev–Trinajstić information content (AvgIpc) is 1.89. The van der Waals surface area contributed by atoms with Gasteiger partial charge in [-0.2, -0.15) is 0 Å². The zero-order chi connectivity index (χ0) is 7.11. The standard InChI is InChI=1S/C7H10O2.K/c1-3-4-5-6-7(8)9-2;/h3-6H,1-2H3;/b4-3+,6-5+;. The van der Waals surface area contributed by atoms with Gasteiger partial charge in [0, 0.05) is 57.5 Å². The maximum absolute atomic E-state index is 10.3. The molecule has 0 rings (SSSR count). The fourth-order valence-corrected chi connectivity index (χ4v) is 0.313. The number of allylic oxidation sites excluding steroid dienone is 3. The number of ether oxygens (including phenoxy) is 1. The molecule has 0 aromatic rings. The van der Waals surface area contributed by atoms with E-state index in [-0.39, 0.29) is 57.4 Å². The van der Waals surface area contributed by atoms with Crippen LogP contribution in [0.4, 0.5) is 0 Å². The van der Waals surface area contributed by atoms with Gasteiger partial charge in [-0.05, 0) is 6.92 Å². The van der Waals surface area contributed by atoms with Gasteiger partial charge in [0.05, 0.1) is 7.11 Å². The van der Waals surface area contributed by atoms with Crippen LogP contribution in [0.5, 0.6) is 0 Å². The van der Waals surface area contributed by atoms with Crippen LogP contribution in [-0.2, 0) is 9.53 Å². The summed E-state index contributed by atoms with van der Waals surface area (Å²) in [4.78, 5) is 10.3. The van der Waals surface area contributed by atoms with E-state index in [0.717, 1.165) is 0 Å². The Morgan fingerprint density at radius 2 is 2.00 bits per heavy atom. The molecular formula is C7H10KO2. The summed E-state index contributed by atoms with van der Waals surface area (Å²) in [6, 6.07) is 0. The van der Waals surface area contributed by atoms with E-state index in [1.807, 2.05) is 13.0 Å². The Labute approximate surface area is 104 Å². The number of methoxy groups -OCH3 is 1. The van der Waals surface area contributed by atoms with Crippen LogP contribution in [0.3, 0.4) is 0 Å². The molecule has 0 spiro atoms. The summed E-state index contributed by atoms with van der Waals surface area (Å²) < 4.78 is 4.34. The summed E-state index contributed by atoms with van der Waals surface area (Å²) in [7, 11) is 1.35. The monoisotopic (exact) mass is 165 g/mol. The van der Waals surface area contributed by atoms with Crippen molar-refractivity contribution in [1.82, 2.24) is 0 Å². The number of carbonyl (C=O) groups excluding carboxylic acids is 1. The molecule has 0 aliphatic heterocycles. The summed E-state index contributed by atoms with van der Waals surface area (Å²) in [5.74, 6) is -0.326. The largest absolute Gasteiger partial charge is 0.466 e. The Hall–Kier alpha value is 0.586. The smallest absolute Gasteiger partial charge is 0.330 e.